The van der Waals surface area contributed by atoms with Gasteiger partial charge in [-0.3, -0.25) is 4.79 Å². The Kier molecular flexibility index (Phi) is 4.71. The minimum Gasteiger partial charge on any atom is -0.325 e. The van der Waals surface area contributed by atoms with Crippen molar-refractivity contribution in [2.75, 3.05) is 5.32 Å². The van der Waals surface area contributed by atoms with Crippen molar-refractivity contribution in [1.82, 2.24) is 9.55 Å². The number of aryl methyl sites for hydroxylation is 1. The molecular weight excluding hydrogens is 334 g/mol. The van der Waals surface area contributed by atoms with Gasteiger partial charge in [0, 0.05) is 11.3 Å². The number of para-hydroxylation sites is 2. The van der Waals surface area contributed by atoms with Crippen molar-refractivity contribution in [2.24, 2.45) is 0 Å². The second kappa shape index (κ2) is 7.46. The predicted octanol–water partition coefficient (Wildman–Crippen LogP) is 4.90. The zero-order valence-electron chi connectivity index (χ0n) is 15.2. The lowest BCUT2D eigenvalue weighted by atomic mass is 10.1. The molecular formula is C23H21N3O. The third-order valence-electron chi connectivity index (χ3n) is 4.63. The first-order valence-corrected chi connectivity index (χ1v) is 9.14. The van der Waals surface area contributed by atoms with Crippen molar-refractivity contribution in [3.05, 3.63) is 84.4 Å². The maximum Gasteiger partial charge on any atom is 0.244 e. The average Bonchev–Trinajstić information content (AvgIpc) is 3.08. The molecule has 0 bridgehead atoms. The van der Waals surface area contributed by atoms with E-state index >= 15 is 0 Å². The van der Waals surface area contributed by atoms with Gasteiger partial charge in [0.15, 0.2) is 0 Å². The second-order valence-corrected chi connectivity index (χ2v) is 6.47. The smallest absolute Gasteiger partial charge is 0.244 e. The van der Waals surface area contributed by atoms with E-state index in [9.17, 15) is 4.79 Å². The number of benzene rings is 3. The SMILES string of the molecule is CCc1ccc(NC(=O)Cn2c(-c3ccccc3)nc3ccccc32)cc1. The number of nitrogens with zero attached hydrogens (tertiary/aromatic N) is 2. The molecule has 0 aliphatic carbocycles. The number of hydrogen-bond donors (Lipinski definition) is 1. The fraction of sp³-hybridized carbons (Fsp3) is 0.130. The lowest BCUT2D eigenvalue weighted by Gasteiger charge is -2.10. The Labute approximate surface area is 158 Å². The van der Waals surface area contributed by atoms with Gasteiger partial charge in [-0.1, -0.05) is 61.5 Å². The first-order chi connectivity index (χ1) is 13.2. The molecule has 1 N–H and O–H groups in total. The quantitative estimate of drug-likeness (QED) is 0.553. The summed E-state index contributed by atoms with van der Waals surface area (Å²) in [5, 5.41) is 2.99. The number of aromatic nitrogens is 2. The molecule has 134 valence electrons. The van der Waals surface area contributed by atoms with Crippen molar-refractivity contribution < 1.29 is 4.79 Å². The van der Waals surface area contributed by atoms with Crippen LogP contribution in [0.15, 0.2) is 78.9 Å². The number of nitrogens with one attached hydrogen (secondary N) is 1. The molecule has 0 radical (unpaired) electrons. The van der Waals surface area contributed by atoms with Gasteiger partial charge in [0.2, 0.25) is 5.91 Å². The highest BCUT2D eigenvalue weighted by Gasteiger charge is 2.15. The summed E-state index contributed by atoms with van der Waals surface area (Å²) in [7, 11) is 0. The number of anilines is 1. The minimum absolute atomic E-state index is 0.0698. The van der Waals surface area contributed by atoms with Gasteiger partial charge in [0.1, 0.15) is 12.4 Å². The fourth-order valence-electron chi connectivity index (χ4n) is 3.21. The molecule has 27 heavy (non-hydrogen) atoms. The second-order valence-electron chi connectivity index (χ2n) is 6.47. The van der Waals surface area contributed by atoms with Crippen molar-refractivity contribution in [3.63, 3.8) is 0 Å². The van der Waals surface area contributed by atoms with Gasteiger partial charge >= 0.3 is 0 Å². The molecule has 4 nitrogen and oxygen atoms in total. The third kappa shape index (κ3) is 3.60. The van der Waals surface area contributed by atoms with Gasteiger partial charge in [0.05, 0.1) is 11.0 Å². The maximum atomic E-state index is 12.7. The Morgan fingerprint density at radius 1 is 0.926 bits per heavy atom. The summed E-state index contributed by atoms with van der Waals surface area (Å²) in [4.78, 5) is 17.5. The van der Waals surface area contributed by atoms with E-state index in [4.69, 9.17) is 4.98 Å². The van der Waals surface area contributed by atoms with Crippen LogP contribution in [0.3, 0.4) is 0 Å². The molecule has 0 saturated heterocycles. The number of amides is 1. The number of rotatable bonds is 5. The van der Waals surface area contributed by atoms with E-state index in [1.807, 2.05) is 83.4 Å². The number of imidazole rings is 1. The monoisotopic (exact) mass is 355 g/mol. The molecule has 1 aromatic heterocycles. The summed E-state index contributed by atoms with van der Waals surface area (Å²) in [6.07, 6.45) is 0.982. The highest BCUT2D eigenvalue weighted by atomic mass is 16.1. The van der Waals surface area contributed by atoms with Gasteiger partial charge in [-0.05, 0) is 36.2 Å². The fourth-order valence-corrected chi connectivity index (χ4v) is 3.21. The molecule has 0 aliphatic heterocycles. The summed E-state index contributed by atoms with van der Waals surface area (Å²) in [6.45, 7) is 2.32. The highest BCUT2D eigenvalue weighted by molar-refractivity contribution is 5.92. The van der Waals surface area contributed by atoms with E-state index in [0.29, 0.717) is 0 Å². The van der Waals surface area contributed by atoms with E-state index in [2.05, 4.69) is 12.2 Å². The predicted molar refractivity (Wildman–Crippen MR) is 110 cm³/mol. The molecule has 1 heterocycles. The molecule has 4 rings (SSSR count). The molecule has 0 saturated carbocycles. The lowest BCUT2D eigenvalue weighted by molar-refractivity contribution is -0.116. The maximum absolute atomic E-state index is 12.7. The van der Waals surface area contributed by atoms with Gasteiger partial charge < -0.3 is 9.88 Å². The van der Waals surface area contributed by atoms with Gasteiger partial charge in [-0.15, -0.1) is 0 Å². The van der Waals surface area contributed by atoms with Crippen molar-refractivity contribution in [3.8, 4) is 11.4 Å². The normalized spacial score (nSPS) is 10.9. The van der Waals surface area contributed by atoms with Crippen molar-refractivity contribution in [2.45, 2.75) is 19.9 Å². The average molecular weight is 355 g/mol. The van der Waals surface area contributed by atoms with E-state index in [1.54, 1.807) is 0 Å². The zero-order chi connectivity index (χ0) is 18.6. The van der Waals surface area contributed by atoms with Crippen LogP contribution < -0.4 is 5.32 Å². The molecule has 1 amide bonds. The van der Waals surface area contributed by atoms with Gasteiger partial charge in [-0.25, -0.2) is 4.98 Å². The van der Waals surface area contributed by atoms with Crippen molar-refractivity contribution in [1.29, 1.82) is 0 Å². The molecule has 0 unspecified atom stereocenters. The van der Waals surface area contributed by atoms with Gasteiger partial charge in [0.25, 0.3) is 0 Å². The standard InChI is InChI=1S/C23H21N3O/c1-2-17-12-14-19(15-13-17)24-22(27)16-26-21-11-7-6-10-20(21)25-23(26)18-8-4-3-5-9-18/h3-15H,2,16H2,1H3,(H,24,27). The van der Waals surface area contributed by atoms with E-state index in [-0.39, 0.29) is 12.5 Å². The summed E-state index contributed by atoms with van der Waals surface area (Å²) >= 11 is 0. The van der Waals surface area contributed by atoms with Crippen LogP contribution in [0.2, 0.25) is 0 Å². The first-order valence-electron chi connectivity index (χ1n) is 9.14. The Balaban J connectivity index is 1.65. The van der Waals surface area contributed by atoms with E-state index < -0.39 is 0 Å². The summed E-state index contributed by atoms with van der Waals surface area (Å²) in [5.41, 5.74) is 4.89. The number of fused-ring (bicyclic) bond motifs is 1. The molecule has 4 heteroatoms. The molecule has 0 atom stereocenters. The van der Waals surface area contributed by atoms with Crippen LogP contribution >= 0.6 is 0 Å². The molecule has 3 aromatic carbocycles. The van der Waals surface area contributed by atoms with Crippen LogP contribution in [0.25, 0.3) is 22.4 Å². The van der Waals surface area contributed by atoms with Crippen LogP contribution in [0.1, 0.15) is 12.5 Å². The Morgan fingerprint density at radius 2 is 1.63 bits per heavy atom. The van der Waals surface area contributed by atoms with E-state index in [0.717, 1.165) is 34.5 Å². The minimum atomic E-state index is -0.0698. The number of hydrogen-bond acceptors (Lipinski definition) is 2. The van der Waals surface area contributed by atoms with Crippen LogP contribution in [-0.4, -0.2) is 15.5 Å². The Morgan fingerprint density at radius 3 is 2.37 bits per heavy atom. The topological polar surface area (TPSA) is 46.9 Å². The summed E-state index contributed by atoms with van der Waals surface area (Å²) < 4.78 is 1.97. The number of carbonyl (C=O) groups excluding carboxylic acids is 1. The summed E-state index contributed by atoms with van der Waals surface area (Å²) in [6, 6.07) is 25.8. The zero-order valence-corrected chi connectivity index (χ0v) is 15.2. The Hall–Kier alpha value is -3.40. The largest absolute Gasteiger partial charge is 0.325 e. The third-order valence-corrected chi connectivity index (χ3v) is 4.63. The van der Waals surface area contributed by atoms with Gasteiger partial charge in [-0.2, -0.15) is 0 Å². The molecule has 4 aromatic rings. The van der Waals surface area contributed by atoms with Crippen molar-refractivity contribution >= 4 is 22.6 Å². The van der Waals surface area contributed by atoms with Crippen LogP contribution in [0.5, 0.6) is 0 Å². The molecule has 0 fully saturated rings. The Bertz CT molecular complexity index is 1070. The summed E-state index contributed by atoms with van der Waals surface area (Å²) in [5.74, 6) is 0.730. The van der Waals surface area contributed by atoms with E-state index in [1.165, 1.54) is 5.56 Å². The highest BCUT2D eigenvalue weighted by Crippen LogP contribution is 2.24. The molecule has 0 aliphatic rings. The first kappa shape index (κ1) is 17.0. The molecule has 0 spiro atoms. The van der Waals surface area contributed by atoms with Crippen LogP contribution in [0, 0.1) is 0 Å². The van der Waals surface area contributed by atoms with Crippen LogP contribution in [-0.2, 0) is 17.8 Å². The van der Waals surface area contributed by atoms with Crippen LogP contribution in [0.4, 0.5) is 5.69 Å². The number of carbonyl (C=O) groups is 1. The lowest BCUT2D eigenvalue weighted by Crippen LogP contribution is -2.19.